The fourth-order valence-corrected chi connectivity index (χ4v) is 0.703. The van der Waals surface area contributed by atoms with Gasteiger partial charge in [0.25, 0.3) is 0 Å². The maximum absolute atomic E-state index is 10.7. The van der Waals surface area contributed by atoms with Crippen LogP contribution in [-0.2, 0) is 9.53 Å². The highest BCUT2D eigenvalue weighted by Crippen LogP contribution is 1.92. The summed E-state index contributed by atoms with van der Waals surface area (Å²) in [4.78, 5) is 10.7. The molecule has 0 spiro atoms. The quantitative estimate of drug-likeness (QED) is 0.389. The Morgan fingerprint density at radius 2 is 2.36 bits per heavy atom. The fourth-order valence-electron chi connectivity index (χ4n) is 0.453. The molecule has 4 heteroatoms. The first-order valence-electron chi connectivity index (χ1n) is 3.26. The summed E-state index contributed by atoms with van der Waals surface area (Å²) in [5.74, 6) is 0.461. The zero-order chi connectivity index (χ0) is 8.69. The van der Waals surface area contributed by atoms with E-state index in [4.69, 9.17) is 10.5 Å². The molecule has 0 saturated carbocycles. The van der Waals surface area contributed by atoms with Crippen LogP contribution in [0.25, 0.3) is 0 Å². The highest BCUT2D eigenvalue weighted by atomic mass is 32.2. The summed E-state index contributed by atoms with van der Waals surface area (Å²) in [6.07, 6.45) is 3.23. The van der Waals surface area contributed by atoms with Crippen LogP contribution in [-0.4, -0.2) is 24.6 Å². The van der Waals surface area contributed by atoms with Crippen LogP contribution in [0, 0.1) is 0 Å². The molecule has 0 fully saturated rings. The Morgan fingerprint density at radius 1 is 1.73 bits per heavy atom. The van der Waals surface area contributed by atoms with Gasteiger partial charge in [0.1, 0.15) is 6.61 Å². The molecule has 0 amide bonds. The number of thioether (sulfide) groups is 1. The number of hydrogen-bond acceptors (Lipinski definition) is 4. The zero-order valence-electron chi connectivity index (χ0n) is 6.79. The maximum Gasteiger partial charge on any atom is 0.332 e. The predicted molar refractivity (Wildman–Crippen MR) is 47.3 cm³/mol. The third-order valence-electron chi connectivity index (χ3n) is 0.877. The van der Waals surface area contributed by atoms with E-state index in [0.29, 0.717) is 12.3 Å². The Kier molecular flexibility index (Phi) is 5.74. The van der Waals surface area contributed by atoms with Gasteiger partial charge in [0.2, 0.25) is 0 Å². The summed E-state index contributed by atoms with van der Waals surface area (Å²) in [6, 6.07) is 0. The van der Waals surface area contributed by atoms with Gasteiger partial charge in [-0.25, -0.2) is 4.79 Å². The second-order valence-corrected chi connectivity index (χ2v) is 3.03. The van der Waals surface area contributed by atoms with Gasteiger partial charge in [0.05, 0.1) is 0 Å². The van der Waals surface area contributed by atoms with Crippen molar-refractivity contribution in [2.75, 3.05) is 18.6 Å². The van der Waals surface area contributed by atoms with Gasteiger partial charge >= 0.3 is 5.97 Å². The fraction of sp³-hybridized carbons (Fsp3) is 0.571. The lowest BCUT2D eigenvalue weighted by atomic mass is 10.4. The summed E-state index contributed by atoms with van der Waals surface area (Å²) in [5.41, 5.74) is 5.72. The topological polar surface area (TPSA) is 52.3 Å². The Bertz CT molecular complexity index is 153. The van der Waals surface area contributed by atoms with Gasteiger partial charge in [0.15, 0.2) is 0 Å². The number of hydrogen-bond donors (Lipinski definition) is 1. The van der Waals surface area contributed by atoms with Crippen molar-refractivity contribution in [3.8, 4) is 0 Å². The maximum atomic E-state index is 10.7. The van der Waals surface area contributed by atoms with Crippen LogP contribution < -0.4 is 5.73 Å². The first kappa shape index (κ1) is 10.4. The Hall–Kier alpha value is -0.640. The first-order valence-corrected chi connectivity index (χ1v) is 4.65. The second-order valence-electron chi connectivity index (χ2n) is 2.05. The van der Waals surface area contributed by atoms with Crippen molar-refractivity contribution in [2.45, 2.75) is 6.92 Å². The molecular weight excluding hydrogens is 162 g/mol. The van der Waals surface area contributed by atoms with Gasteiger partial charge in [-0.2, -0.15) is 11.8 Å². The first-order chi connectivity index (χ1) is 5.16. The lowest BCUT2D eigenvalue weighted by Crippen LogP contribution is -2.06. The Labute approximate surface area is 71.0 Å². The van der Waals surface area contributed by atoms with Gasteiger partial charge in [0, 0.05) is 17.5 Å². The van der Waals surface area contributed by atoms with Crippen LogP contribution in [0.15, 0.2) is 11.8 Å². The molecule has 0 saturated heterocycles. The monoisotopic (exact) mass is 175 g/mol. The molecule has 0 aliphatic heterocycles. The SMILES string of the molecule is CSCCOC(=O)C=C(C)N. The van der Waals surface area contributed by atoms with E-state index in [1.807, 2.05) is 6.26 Å². The molecule has 0 aromatic heterocycles. The molecule has 0 aromatic carbocycles. The van der Waals surface area contributed by atoms with E-state index in [-0.39, 0.29) is 5.97 Å². The zero-order valence-corrected chi connectivity index (χ0v) is 7.61. The molecule has 0 aromatic rings. The van der Waals surface area contributed by atoms with E-state index < -0.39 is 0 Å². The molecule has 2 N–H and O–H groups in total. The molecular formula is C7H13NO2S. The summed E-state index contributed by atoms with van der Waals surface area (Å²) in [5, 5.41) is 0. The molecule has 0 heterocycles. The third kappa shape index (κ3) is 7.25. The third-order valence-corrected chi connectivity index (χ3v) is 1.45. The van der Waals surface area contributed by atoms with Crippen LogP contribution in [0.4, 0.5) is 0 Å². The van der Waals surface area contributed by atoms with Crippen LogP contribution in [0.1, 0.15) is 6.92 Å². The van der Waals surface area contributed by atoms with E-state index in [1.165, 1.54) is 6.08 Å². The minimum Gasteiger partial charge on any atom is -0.462 e. The summed E-state index contributed by atoms with van der Waals surface area (Å²) in [6.45, 7) is 2.10. The molecule has 0 radical (unpaired) electrons. The molecule has 11 heavy (non-hydrogen) atoms. The summed E-state index contributed by atoms with van der Waals surface area (Å²) in [7, 11) is 0. The van der Waals surface area contributed by atoms with E-state index in [2.05, 4.69) is 0 Å². The summed E-state index contributed by atoms with van der Waals surface area (Å²) < 4.78 is 4.78. The van der Waals surface area contributed by atoms with E-state index in [1.54, 1.807) is 18.7 Å². The van der Waals surface area contributed by atoms with Gasteiger partial charge in [-0.15, -0.1) is 0 Å². The number of allylic oxidation sites excluding steroid dienone is 1. The number of esters is 1. The van der Waals surface area contributed by atoms with Crippen molar-refractivity contribution in [1.29, 1.82) is 0 Å². The molecule has 0 aliphatic carbocycles. The van der Waals surface area contributed by atoms with E-state index >= 15 is 0 Å². The van der Waals surface area contributed by atoms with Crippen LogP contribution in [0.5, 0.6) is 0 Å². The molecule has 0 aliphatic rings. The molecule has 0 bridgehead atoms. The largest absolute Gasteiger partial charge is 0.462 e. The summed E-state index contributed by atoms with van der Waals surface area (Å²) >= 11 is 1.63. The van der Waals surface area contributed by atoms with Crippen LogP contribution >= 0.6 is 11.8 Å². The van der Waals surface area contributed by atoms with Crippen LogP contribution in [0.2, 0.25) is 0 Å². The number of rotatable bonds is 4. The molecule has 0 unspecified atom stereocenters. The normalized spacial score (nSPS) is 11.3. The average Bonchev–Trinajstić information content (AvgIpc) is 1.86. The minimum atomic E-state index is -0.362. The lowest BCUT2D eigenvalue weighted by Gasteiger charge is -1.98. The molecule has 0 rings (SSSR count). The Balaban J connectivity index is 3.46. The molecule has 64 valence electrons. The lowest BCUT2D eigenvalue weighted by molar-refractivity contribution is -0.137. The molecule has 0 atom stereocenters. The van der Waals surface area contributed by atoms with Crippen molar-refractivity contribution in [3.63, 3.8) is 0 Å². The minimum absolute atomic E-state index is 0.362. The van der Waals surface area contributed by atoms with Gasteiger partial charge in [-0.3, -0.25) is 0 Å². The van der Waals surface area contributed by atoms with Gasteiger partial charge < -0.3 is 10.5 Å². The van der Waals surface area contributed by atoms with E-state index in [0.717, 1.165) is 5.75 Å². The predicted octanol–water partition coefficient (Wildman–Crippen LogP) is 0.755. The average molecular weight is 175 g/mol. The number of nitrogens with two attached hydrogens (primary N) is 1. The highest BCUT2D eigenvalue weighted by Gasteiger charge is 1.95. The number of carbonyl (C=O) groups excluding carboxylic acids is 1. The second kappa shape index (κ2) is 6.09. The van der Waals surface area contributed by atoms with Crippen molar-refractivity contribution < 1.29 is 9.53 Å². The standard InChI is InChI=1S/C7H13NO2S/c1-6(8)5-7(9)10-3-4-11-2/h5H,3-4,8H2,1-2H3. The van der Waals surface area contributed by atoms with Crippen molar-refractivity contribution in [2.24, 2.45) is 5.73 Å². The van der Waals surface area contributed by atoms with Crippen molar-refractivity contribution in [1.82, 2.24) is 0 Å². The Morgan fingerprint density at radius 3 is 2.82 bits per heavy atom. The number of ether oxygens (including phenoxy) is 1. The van der Waals surface area contributed by atoms with Crippen molar-refractivity contribution in [3.05, 3.63) is 11.8 Å². The van der Waals surface area contributed by atoms with Gasteiger partial charge in [-0.1, -0.05) is 0 Å². The highest BCUT2D eigenvalue weighted by molar-refractivity contribution is 7.98. The van der Waals surface area contributed by atoms with Crippen molar-refractivity contribution >= 4 is 17.7 Å². The smallest absolute Gasteiger partial charge is 0.332 e. The number of carbonyl (C=O) groups is 1. The molecule has 3 nitrogen and oxygen atoms in total. The van der Waals surface area contributed by atoms with Crippen LogP contribution in [0.3, 0.4) is 0 Å². The van der Waals surface area contributed by atoms with Gasteiger partial charge in [-0.05, 0) is 13.2 Å². The van der Waals surface area contributed by atoms with E-state index in [9.17, 15) is 4.79 Å².